The van der Waals surface area contributed by atoms with Crippen molar-refractivity contribution in [3.05, 3.63) is 24.0 Å². The Balaban J connectivity index is 1.92. The van der Waals surface area contributed by atoms with Gasteiger partial charge in [-0.2, -0.15) is 0 Å². The van der Waals surface area contributed by atoms with Crippen LogP contribution in [0, 0.1) is 0 Å². The highest BCUT2D eigenvalue weighted by Gasteiger charge is 2.24. The van der Waals surface area contributed by atoms with Gasteiger partial charge in [0, 0.05) is 25.3 Å². The maximum absolute atomic E-state index is 12.0. The number of hydrogen-bond donors (Lipinski definition) is 1. The van der Waals surface area contributed by atoms with Crippen molar-refractivity contribution in [2.45, 2.75) is 18.9 Å². The molecule has 1 amide bonds. The van der Waals surface area contributed by atoms with Crippen molar-refractivity contribution in [1.82, 2.24) is 14.8 Å². The van der Waals surface area contributed by atoms with Crippen LogP contribution in [-0.4, -0.2) is 53.9 Å². The first-order chi connectivity index (χ1) is 7.68. The number of amides is 1. The second kappa shape index (κ2) is 4.70. The molecule has 2 rings (SSSR count). The number of rotatable bonds is 2. The van der Waals surface area contributed by atoms with E-state index in [2.05, 4.69) is 24.0 Å². The first-order valence-corrected chi connectivity index (χ1v) is 5.77. The minimum Gasteiger partial charge on any atom is -0.357 e. The zero-order valence-corrected chi connectivity index (χ0v) is 9.94. The fourth-order valence-corrected chi connectivity index (χ4v) is 2.22. The van der Waals surface area contributed by atoms with Gasteiger partial charge in [-0.05, 0) is 39.1 Å². The van der Waals surface area contributed by atoms with Gasteiger partial charge in [0.2, 0.25) is 0 Å². The largest absolute Gasteiger partial charge is 0.357 e. The molecule has 0 saturated carbocycles. The molecule has 0 bridgehead atoms. The molecule has 16 heavy (non-hydrogen) atoms. The molecule has 1 aliphatic heterocycles. The summed E-state index contributed by atoms with van der Waals surface area (Å²) in [6.07, 6.45) is 3.93. The molecule has 1 N–H and O–H groups in total. The quantitative estimate of drug-likeness (QED) is 0.814. The number of nitrogens with one attached hydrogen (secondary N) is 1. The Labute approximate surface area is 96.2 Å². The summed E-state index contributed by atoms with van der Waals surface area (Å²) < 4.78 is 0. The van der Waals surface area contributed by atoms with Crippen LogP contribution in [0.1, 0.15) is 23.3 Å². The Kier molecular flexibility index (Phi) is 3.29. The van der Waals surface area contributed by atoms with Gasteiger partial charge in [-0.3, -0.25) is 4.79 Å². The standard InChI is InChI=1S/C12H19N3O/c1-14(2)10-5-8-15(9-6-10)12(16)11-4-3-7-13-11/h3-4,7,10,13H,5-6,8-9H2,1-2H3. The average molecular weight is 221 g/mol. The molecule has 0 aliphatic carbocycles. The van der Waals surface area contributed by atoms with Gasteiger partial charge in [-0.25, -0.2) is 0 Å². The van der Waals surface area contributed by atoms with Crippen molar-refractivity contribution in [1.29, 1.82) is 0 Å². The van der Waals surface area contributed by atoms with Gasteiger partial charge in [0.05, 0.1) is 0 Å². The van der Waals surface area contributed by atoms with Crippen LogP contribution in [0.4, 0.5) is 0 Å². The lowest BCUT2D eigenvalue weighted by Gasteiger charge is -2.35. The van der Waals surface area contributed by atoms with Crippen molar-refractivity contribution >= 4 is 5.91 Å². The van der Waals surface area contributed by atoms with Gasteiger partial charge in [-0.1, -0.05) is 0 Å². The fraction of sp³-hybridized carbons (Fsp3) is 0.583. The predicted molar refractivity (Wildman–Crippen MR) is 63.4 cm³/mol. The van der Waals surface area contributed by atoms with Crippen LogP contribution >= 0.6 is 0 Å². The number of H-pyrrole nitrogens is 1. The lowest BCUT2D eigenvalue weighted by molar-refractivity contribution is 0.0658. The Morgan fingerprint density at radius 1 is 1.44 bits per heavy atom. The molecule has 1 saturated heterocycles. The molecule has 2 heterocycles. The molecular formula is C12H19N3O. The second-order valence-electron chi connectivity index (χ2n) is 4.57. The molecule has 4 heteroatoms. The van der Waals surface area contributed by atoms with Crippen LogP contribution in [0.15, 0.2) is 18.3 Å². The Morgan fingerprint density at radius 2 is 2.12 bits per heavy atom. The van der Waals surface area contributed by atoms with Gasteiger partial charge in [0.15, 0.2) is 0 Å². The zero-order chi connectivity index (χ0) is 11.5. The molecule has 1 fully saturated rings. The first-order valence-electron chi connectivity index (χ1n) is 5.77. The second-order valence-corrected chi connectivity index (χ2v) is 4.57. The summed E-state index contributed by atoms with van der Waals surface area (Å²) in [6, 6.07) is 4.31. The van der Waals surface area contributed by atoms with Gasteiger partial charge in [0.1, 0.15) is 5.69 Å². The van der Waals surface area contributed by atoms with Crippen molar-refractivity contribution < 1.29 is 4.79 Å². The number of piperidine rings is 1. The van der Waals surface area contributed by atoms with E-state index in [0.717, 1.165) is 25.9 Å². The van der Waals surface area contributed by atoms with E-state index >= 15 is 0 Å². The van der Waals surface area contributed by atoms with Crippen LogP contribution < -0.4 is 0 Å². The number of aromatic amines is 1. The molecule has 0 spiro atoms. The van der Waals surface area contributed by atoms with E-state index in [-0.39, 0.29) is 5.91 Å². The number of hydrogen-bond acceptors (Lipinski definition) is 2. The maximum Gasteiger partial charge on any atom is 0.270 e. The summed E-state index contributed by atoms with van der Waals surface area (Å²) in [5.41, 5.74) is 0.698. The SMILES string of the molecule is CN(C)C1CCN(C(=O)c2ccc[nH]2)CC1. The van der Waals surface area contributed by atoms with E-state index in [4.69, 9.17) is 0 Å². The van der Waals surface area contributed by atoms with Crippen molar-refractivity contribution in [3.8, 4) is 0 Å². The topological polar surface area (TPSA) is 39.3 Å². The minimum atomic E-state index is 0.127. The number of nitrogens with zero attached hydrogens (tertiary/aromatic N) is 2. The molecule has 1 aromatic rings. The molecule has 0 atom stereocenters. The summed E-state index contributed by atoms with van der Waals surface area (Å²) in [5, 5.41) is 0. The lowest BCUT2D eigenvalue weighted by atomic mass is 10.0. The van der Waals surface area contributed by atoms with Crippen molar-refractivity contribution in [3.63, 3.8) is 0 Å². The van der Waals surface area contributed by atoms with Gasteiger partial charge in [-0.15, -0.1) is 0 Å². The third kappa shape index (κ3) is 2.27. The monoisotopic (exact) mass is 221 g/mol. The highest BCUT2D eigenvalue weighted by Crippen LogP contribution is 2.15. The number of carbonyl (C=O) groups is 1. The number of carbonyl (C=O) groups excluding carboxylic acids is 1. The minimum absolute atomic E-state index is 0.127. The smallest absolute Gasteiger partial charge is 0.270 e. The number of likely N-dealkylation sites (tertiary alicyclic amines) is 1. The van der Waals surface area contributed by atoms with Crippen LogP contribution in [0.3, 0.4) is 0 Å². The Bertz CT molecular complexity index is 337. The molecule has 4 nitrogen and oxygen atoms in total. The fourth-order valence-electron chi connectivity index (χ4n) is 2.22. The van der Waals surface area contributed by atoms with E-state index in [0.29, 0.717) is 11.7 Å². The average Bonchev–Trinajstić information content (AvgIpc) is 2.81. The van der Waals surface area contributed by atoms with E-state index in [1.807, 2.05) is 17.0 Å². The molecular weight excluding hydrogens is 202 g/mol. The molecule has 0 unspecified atom stereocenters. The van der Waals surface area contributed by atoms with Gasteiger partial charge < -0.3 is 14.8 Å². The summed E-state index contributed by atoms with van der Waals surface area (Å²) in [4.78, 5) is 19.2. The Morgan fingerprint density at radius 3 is 2.62 bits per heavy atom. The van der Waals surface area contributed by atoms with E-state index in [1.165, 1.54) is 0 Å². The molecule has 88 valence electrons. The van der Waals surface area contributed by atoms with Crippen LogP contribution in [-0.2, 0) is 0 Å². The van der Waals surface area contributed by atoms with Crippen LogP contribution in [0.25, 0.3) is 0 Å². The highest BCUT2D eigenvalue weighted by molar-refractivity contribution is 5.92. The highest BCUT2D eigenvalue weighted by atomic mass is 16.2. The number of aromatic nitrogens is 1. The predicted octanol–water partition coefficient (Wildman–Crippen LogP) is 1.18. The summed E-state index contributed by atoms with van der Waals surface area (Å²) in [7, 11) is 4.21. The lowest BCUT2D eigenvalue weighted by Crippen LogP contribution is -2.44. The molecule has 1 aromatic heterocycles. The van der Waals surface area contributed by atoms with Crippen LogP contribution in [0.5, 0.6) is 0 Å². The van der Waals surface area contributed by atoms with Crippen molar-refractivity contribution in [2.24, 2.45) is 0 Å². The zero-order valence-electron chi connectivity index (χ0n) is 9.94. The first kappa shape index (κ1) is 11.2. The maximum atomic E-state index is 12.0. The van der Waals surface area contributed by atoms with E-state index in [9.17, 15) is 4.79 Å². The van der Waals surface area contributed by atoms with E-state index < -0.39 is 0 Å². The summed E-state index contributed by atoms with van der Waals surface area (Å²) >= 11 is 0. The van der Waals surface area contributed by atoms with E-state index in [1.54, 1.807) is 6.20 Å². The molecule has 0 radical (unpaired) electrons. The molecule has 1 aliphatic rings. The van der Waals surface area contributed by atoms with Gasteiger partial charge >= 0.3 is 0 Å². The Hall–Kier alpha value is -1.29. The van der Waals surface area contributed by atoms with Crippen LogP contribution in [0.2, 0.25) is 0 Å². The normalized spacial score (nSPS) is 18.1. The summed E-state index contributed by atoms with van der Waals surface area (Å²) in [5.74, 6) is 0.127. The summed E-state index contributed by atoms with van der Waals surface area (Å²) in [6.45, 7) is 1.72. The van der Waals surface area contributed by atoms with Gasteiger partial charge in [0.25, 0.3) is 5.91 Å². The third-order valence-corrected chi connectivity index (χ3v) is 3.31. The molecule has 0 aromatic carbocycles. The third-order valence-electron chi connectivity index (χ3n) is 3.31. The van der Waals surface area contributed by atoms with Crippen molar-refractivity contribution in [2.75, 3.05) is 27.2 Å².